The molecule has 22 heavy (non-hydrogen) atoms. The van der Waals surface area contributed by atoms with Crippen molar-refractivity contribution in [3.63, 3.8) is 0 Å². The maximum Gasteiger partial charge on any atom is 0.410 e. The molecule has 0 radical (unpaired) electrons. The highest BCUT2D eigenvalue weighted by Gasteiger charge is 2.26. The third-order valence-electron chi connectivity index (χ3n) is 3.57. The summed E-state index contributed by atoms with van der Waals surface area (Å²) < 4.78 is 8.85. The minimum Gasteiger partial charge on any atom is -0.444 e. The Balaban J connectivity index is 1.66. The van der Waals surface area contributed by atoms with Gasteiger partial charge in [0.2, 0.25) is 0 Å². The molecule has 1 aromatic rings. The van der Waals surface area contributed by atoms with Crippen LogP contribution in [0.2, 0.25) is 0 Å². The van der Waals surface area contributed by atoms with Crippen molar-refractivity contribution >= 4 is 18.0 Å². The smallest absolute Gasteiger partial charge is 0.410 e. The van der Waals surface area contributed by atoms with Crippen molar-refractivity contribution in [2.75, 3.05) is 19.6 Å². The second-order valence-corrected chi connectivity index (χ2v) is 7.64. The van der Waals surface area contributed by atoms with Gasteiger partial charge in [-0.05, 0) is 63.6 Å². The average molecular weight is 322 g/mol. The molecule has 0 aromatic heterocycles. The first kappa shape index (κ1) is 17.2. The third-order valence-corrected chi connectivity index (χ3v) is 4.39. The largest absolute Gasteiger partial charge is 0.444 e. The summed E-state index contributed by atoms with van der Waals surface area (Å²) in [4.78, 5) is 15.1. The Morgan fingerprint density at radius 3 is 2.50 bits per heavy atom. The minimum atomic E-state index is -0.415. The number of hydrogen-bond donors (Lipinski definition) is 1. The molecule has 1 fully saturated rings. The zero-order valence-electron chi connectivity index (χ0n) is 13.7. The number of carbonyl (C=O) groups excluding carboxylic acids is 1. The fraction of sp³-hybridized carbons (Fsp3) is 0.588. The summed E-state index contributed by atoms with van der Waals surface area (Å²) in [6, 6.07) is 10.3. The van der Waals surface area contributed by atoms with Crippen molar-refractivity contribution in [1.29, 1.82) is 0 Å². The maximum atomic E-state index is 12.0. The molecule has 0 unspecified atom stereocenters. The minimum absolute atomic E-state index is 0.183. The molecule has 1 aliphatic rings. The number of ether oxygens (including phenoxy) is 1. The summed E-state index contributed by atoms with van der Waals surface area (Å²) >= 11 is 1.67. The first-order valence-corrected chi connectivity index (χ1v) is 8.68. The van der Waals surface area contributed by atoms with Gasteiger partial charge in [0.05, 0.1) is 0 Å². The van der Waals surface area contributed by atoms with E-state index in [4.69, 9.17) is 4.74 Å². The lowest BCUT2D eigenvalue weighted by atomic mass is 9.97. The second-order valence-electron chi connectivity index (χ2n) is 6.67. The van der Waals surface area contributed by atoms with E-state index in [1.807, 2.05) is 43.9 Å². The quantitative estimate of drug-likeness (QED) is 0.853. The molecule has 1 amide bonds. The van der Waals surface area contributed by atoms with Crippen LogP contribution < -0.4 is 4.72 Å². The molecule has 0 spiro atoms. The molecule has 5 heteroatoms. The van der Waals surface area contributed by atoms with E-state index < -0.39 is 5.60 Å². The summed E-state index contributed by atoms with van der Waals surface area (Å²) in [6.07, 6.45) is 1.88. The lowest BCUT2D eigenvalue weighted by molar-refractivity contribution is 0.0186. The maximum absolute atomic E-state index is 12.0. The van der Waals surface area contributed by atoms with E-state index in [-0.39, 0.29) is 6.09 Å². The van der Waals surface area contributed by atoms with Crippen molar-refractivity contribution in [1.82, 2.24) is 9.62 Å². The van der Waals surface area contributed by atoms with E-state index >= 15 is 0 Å². The fourth-order valence-corrected chi connectivity index (χ4v) is 3.16. The number of nitrogens with zero attached hydrogens (tertiary/aromatic N) is 1. The van der Waals surface area contributed by atoms with Crippen molar-refractivity contribution in [3.05, 3.63) is 30.3 Å². The third kappa shape index (κ3) is 5.89. The predicted molar refractivity (Wildman–Crippen MR) is 90.8 cm³/mol. The predicted octanol–water partition coefficient (Wildman–Crippen LogP) is 3.93. The molecule has 122 valence electrons. The van der Waals surface area contributed by atoms with E-state index in [0.717, 1.165) is 32.5 Å². The molecule has 0 atom stereocenters. The number of hydrogen-bond acceptors (Lipinski definition) is 4. The topological polar surface area (TPSA) is 41.6 Å². The van der Waals surface area contributed by atoms with Crippen LogP contribution in [0.25, 0.3) is 0 Å². The Kier molecular flexibility index (Phi) is 6.15. The van der Waals surface area contributed by atoms with Gasteiger partial charge in [0.15, 0.2) is 0 Å². The van der Waals surface area contributed by atoms with Crippen molar-refractivity contribution in [2.24, 2.45) is 5.92 Å². The van der Waals surface area contributed by atoms with Crippen LogP contribution in [0.5, 0.6) is 0 Å². The molecule has 0 bridgehead atoms. The van der Waals surface area contributed by atoms with Crippen LogP contribution in [0.1, 0.15) is 33.6 Å². The molecular formula is C17H26N2O2S. The molecule has 0 aliphatic carbocycles. The van der Waals surface area contributed by atoms with Crippen molar-refractivity contribution in [2.45, 2.75) is 44.1 Å². The summed E-state index contributed by atoms with van der Waals surface area (Å²) in [5.41, 5.74) is -0.415. The monoisotopic (exact) mass is 322 g/mol. The number of nitrogens with one attached hydrogen (secondary N) is 1. The number of rotatable bonds is 4. The summed E-state index contributed by atoms with van der Waals surface area (Å²) in [5, 5.41) is 0. The summed E-state index contributed by atoms with van der Waals surface area (Å²) in [5.74, 6) is 0.620. The average Bonchev–Trinajstić information content (AvgIpc) is 2.47. The summed E-state index contributed by atoms with van der Waals surface area (Å²) in [7, 11) is 0. The van der Waals surface area contributed by atoms with Gasteiger partial charge in [-0.25, -0.2) is 4.79 Å². The molecule has 4 nitrogen and oxygen atoms in total. The van der Waals surface area contributed by atoms with Gasteiger partial charge in [-0.1, -0.05) is 18.2 Å². The van der Waals surface area contributed by atoms with Gasteiger partial charge in [0.1, 0.15) is 5.60 Å². The molecular weight excluding hydrogens is 296 g/mol. The first-order valence-electron chi connectivity index (χ1n) is 7.87. The Morgan fingerprint density at radius 1 is 1.27 bits per heavy atom. The molecule has 1 N–H and O–H groups in total. The Bertz CT molecular complexity index is 465. The van der Waals surface area contributed by atoms with Crippen LogP contribution in [-0.2, 0) is 4.74 Å². The Morgan fingerprint density at radius 2 is 1.91 bits per heavy atom. The number of benzene rings is 1. The SMILES string of the molecule is CC(C)(C)OC(=O)N1CCC(CNSc2ccccc2)CC1. The van der Waals surface area contributed by atoms with Crippen LogP contribution in [0.3, 0.4) is 0 Å². The van der Waals surface area contributed by atoms with Crippen LogP contribution >= 0.6 is 11.9 Å². The highest BCUT2D eigenvalue weighted by Crippen LogP contribution is 2.21. The lowest BCUT2D eigenvalue weighted by Crippen LogP contribution is -2.42. The zero-order chi connectivity index (χ0) is 16.0. The highest BCUT2D eigenvalue weighted by molar-refractivity contribution is 7.97. The molecule has 0 saturated carbocycles. The van der Waals surface area contributed by atoms with Gasteiger partial charge in [-0.2, -0.15) is 0 Å². The van der Waals surface area contributed by atoms with Gasteiger partial charge in [-0.15, -0.1) is 0 Å². The number of amides is 1. The van der Waals surface area contributed by atoms with Crippen LogP contribution in [-0.4, -0.2) is 36.2 Å². The van der Waals surface area contributed by atoms with Gasteiger partial charge < -0.3 is 9.64 Å². The van der Waals surface area contributed by atoms with Crippen LogP contribution in [0.4, 0.5) is 4.79 Å². The zero-order valence-corrected chi connectivity index (χ0v) is 14.5. The van der Waals surface area contributed by atoms with Crippen molar-refractivity contribution in [3.8, 4) is 0 Å². The van der Waals surface area contributed by atoms with Crippen LogP contribution in [0, 0.1) is 5.92 Å². The Hall–Kier alpha value is -1.20. The van der Waals surface area contributed by atoms with E-state index in [1.54, 1.807) is 11.9 Å². The lowest BCUT2D eigenvalue weighted by Gasteiger charge is -2.33. The molecule has 1 heterocycles. The van der Waals surface area contributed by atoms with E-state index in [9.17, 15) is 4.79 Å². The van der Waals surface area contributed by atoms with Gasteiger partial charge >= 0.3 is 6.09 Å². The van der Waals surface area contributed by atoms with Crippen LogP contribution in [0.15, 0.2) is 35.2 Å². The van der Waals surface area contributed by atoms with E-state index in [0.29, 0.717) is 5.92 Å². The normalized spacial score (nSPS) is 16.6. The molecule has 1 aliphatic heterocycles. The molecule has 1 aromatic carbocycles. The number of piperidine rings is 1. The number of likely N-dealkylation sites (tertiary alicyclic amines) is 1. The second kappa shape index (κ2) is 7.88. The van der Waals surface area contributed by atoms with Crippen molar-refractivity contribution < 1.29 is 9.53 Å². The van der Waals surface area contributed by atoms with E-state index in [2.05, 4.69) is 16.9 Å². The van der Waals surface area contributed by atoms with Gasteiger partial charge in [0, 0.05) is 24.5 Å². The molecule has 1 saturated heterocycles. The standard InChI is InChI=1S/C17H26N2O2S/c1-17(2,3)21-16(20)19-11-9-14(10-12-19)13-18-22-15-7-5-4-6-8-15/h4-8,14,18H,9-13H2,1-3H3. The van der Waals surface area contributed by atoms with Gasteiger partial charge in [-0.3, -0.25) is 4.72 Å². The first-order chi connectivity index (χ1) is 10.4. The Labute approximate surface area is 137 Å². The molecule has 2 rings (SSSR count). The highest BCUT2D eigenvalue weighted by atomic mass is 32.2. The van der Waals surface area contributed by atoms with E-state index in [1.165, 1.54) is 4.90 Å². The fourth-order valence-electron chi connectivity index (χ4n) is 2.38. The number of carbonyl (C=O) groups is 1. The summed E-state index contributed by atoms with van der Waals surface area (Å²) in [6.45, 7) is 8.27. The van der Waals surface area contributed by atoms with Gasteiger partial charge in [0.25, 0.3) is 0 Å².